The van der Waals surface area contributed by atoms with Gasteiger partial charge in [-0.2, -0.15) is 0 Å². The largest absolute Gasteiger partial charge is 0.309 e. The van der Waals surface area contributed by atoms with Gasteiger partial charge in [0.2, 0.25) is 0 Å². The van der Waals surface area contributed by atoms with Gasteiger partial charge in [-0.3, -0.25) is 0 Å². The molecule has 0 aromatic heterocycles. The van der Waals surface area contributed by atoms with E-state index in [1.54, 1.807) is 0 Å². The molecule has 90 valence electrons. The molecule has 1 N–H and O–H groups in total. The van der Waals surface area contributed by atoms with Crippen LogP contribution in [0.5, 0.6) is 0 Å². The van der Waals surface area contributed by atoms with Gasteiger partial charge in [-0.15, -0.1) is 0 Å². The lowest BCUT2D eigenvalue weighted by atomic mass is 9.80. The first-order valence-electron chi connectivity index (χ1n) is 6.93. The van der Waals surface area contributed by atoms with Crippen molar-refractivity contribution in [2.75, 3.05) is 0 Å². The number of hydrogen-bond acceptors (Lipinski definition) is 1. The molecule has 0 saturated heterocycles. The van der Waals surface area contributed by atoms with Crippen molar-refractivity contribution >= 4 is 0 Å². The van der Waals surface area contributed by atoms with Gasteiger partial charge in [-0.25, -0.2) is 0 Å². The zero-order valence-corrected chi connectivity index (χ0v) is 11.1. The van der Waals surface area contributed by atoms with Gasteiger partial charge in [0.15, 0.2) is 0 Å². The maximum Gasteiger partial charge on any atom is 0.0150 e. The molecular formula is C14H29N. The van der Waals surface area contributed by atoms with E-state index in [4.69, 9.17) is 0 Å². The van der Waals surface area contributed by atoms with E-state index in [0.29, 0.717) is 5.54 Å². The first-order chi connectivity index (χ1) is 7.15. The molecule has 1 saturated carbocycles. The van der Waals surface area contributed by atoms with Crippen LogP contribution in [0.4, 0.5) is 0 Å². The molecule has 15 heavy (non-hydrogen) atoms. The minimum Gasteiger partial charge on any atom is -0.309 e. The molecule has 0 aromatic rings. The summed E-state index contributed by atoms with van der Waals surface area (Å²) >= 11 is 0. The molecule has 1 nitrogen and oxygen atoms in total. The molecule has 2 unspecified atom stereocenters. The van der Waals surface area contributed by atoms with Crippen LogP contribution < -0.4 is 5.32 Å². The molecule has 0 aromatic carbocycles. The van der Waals surface area contributed by atoms with Gasteiger partial charge in [0, 0.05) is 11.6 Å². The van der Waals surface area contributed by atoms with Gasteiger partial charge in [0.25, 0.3) is 0 Å². The van der Waals surface area contributed by atoms with Crippen molar-refractivity contribution in [3.05, 3.63) is 0 Å². The van der Waals surface area contributed by atoms with Crippen LogP contribution in [0.15, 0.2) is 0 Å². The van der Waals surface area contributed by atoms with Crippen molar-refractivity contribution < 1.29 is 0 Å². The standard InChI is InChI=1S/C14H29N/c1-5-12-10-8-9-11-13(12)15-14(4,6-2)7-3/h12-13,15H,5-11H2,1-4H3. The van der Waals surface area contributed by atoms with Crippen molar-refractivity contribution in [1.29, 1.82) is 0 Å². The van der Waals surface area contributed by atoms with E-state index in [1.807, 2.05) is 0 Å². The number of nitrogens with one attached hydrogen (secondary N) is 1. The van der Waals surface area contributed by atoms with Crippen LogP contribution in [0.25, 0.3) is 0 Å². The van der Waals surface area contributed by atoms with Gasteiger partial charge in [0.1, 0.15) is 0 Å². The van der Waals surface area contributed by atoms with Crippen LogP contribution in [0, 0.1) is 5.92 Å². The fourth-order valence-corrected chi connectivity index (χ4v) is 2.79. The Hall–Kier alpha value is -0.0400. The minimum atomic E-state index is 0.370. The van der Waals surface area contributed by atoms with Crippen LogP contribution in [-0.4, -0.2) is 11.6 Å². The molecule has 0 aliphatic heterocycles. The first-order valence-corrected chi connectivity index (χ1v) is 6.93. The molecule has 0 spiro atoms. The second kappa shape index (κ2) is 5.89. The van der Waals surface area contributed by atoms with E-state index < -0.39 is 0 Å². The van der Waals surface area contributed by atoms with E-state index in [9.17, 15) is 0 Å². The van der Waals surface area contributed by atoms with Crippen LogP contribution in [-0.2, 0) is 0 Å². The molecule has 1 aliphatic rings. The molecule has 0 radical (unpaired) electrons. The van der Waals surface area contributed by atoms with Gasteiger partial charge in [-0.05, 0) is 38.5 Å². The lowest BCUT2D eigenvalue weighted by molar-refractivity contribution is 0.189. The number of hydrogen-bond donors (Lipinski definition) is 1. The minimum absolute atomic E-state index is 0.370. The Morgan fingerprint density at radius 1 is 1.07 bits per heavy atom. The molecular weight excluding hydrogens is 182 g/mol. The Bertz CT molecular complexity index is 172. The Morgan fingerprint density at radius 3 is 2.20 bits per heavy atom. The van der Waals surface area contributed by atoms with E-state index >= 15 is 0 Å². The van der Waals surface area contributed by atoms with Gasteiger partial charge in [0.05, 0.1) is 0 Å². The van der Waals surface area contributed by atoms with Crippen molar-refractivity contribution in [3.63, 3.8) is 0 Å². The zero-order chi connectivity index (χ0) is 11.3. The summed E-state index contributed by atoms with van der Waals surface area (Å²) in [5.41, 5.74) is 0.370. The average Bonchev–Trinajstić information content (AvgIpc) is 2.29. The van der Waals surface area contributed by atoms with E-state index in [0.717, 1.165) is 12.0 Å². The van der Waals surface area contributed by atoms with Crippen molar-refractivity contribution in [2.24, 2.45) is 5.92 Å². The lowest BCUT2D eigenvalue weighted by Crippen LogP contribution is -2.51. The summed E-state index contributed by atoms with van der Waals surface area (Å²) in [5, 5.41) is 3.93. The SMILES string of the molecule is CCC1CCCCC1NC(C)(CC)CC. The predicted octanol–water partition coefficient (Wildman–Crippen LogP) is 4.12. The maximum atomic E-state index is 3.93. The third-order valence-electron chi connectivity index (χ3n) is 4.53. The fourth-order valence-electron chi connectivity index (χ4n) is 2.79. The third kappa shape index (κ3) is 3.48. The lowest BCUT2D eigenvalue weighted by Gasteiger charge is -2.39. The topological polar surface area (TPSA) is 12.0 Å². The fraction of sp³-hybridized carbons (Fsp3) is 1.00. The Balaban J connectivity index is 2.53. The smallest absolute Gasteiger partial charge is 0.0150 e. The maximum absolute atomic E-state index is 3.93. The molecule has 2 atom stereocenters. The summed E-state index contributed by atoms with van der Waals surface area (Å²) < 4.78 is 0. The molecule has 0 amide bonds. The van der Waals surface area contributed by atoms with Crippen molar-refractivity contribution in [2.45, 2.75) is 84.2 Å². The molecule has 0 heterocycles. The van der Waals surface area contributed by atoms with Gasteiger partial charge in [-0.1, -0.05) is 40.0 Å². The second-order valence-electron chi connectivity index (χ2n) is 5.47. The van der Waals surface area contributed by atoms with Gasteiger partial charge < -0.3 is 5.32 Å². The highest BCUT2D eigenvalue weighted by Gasteiger charge is 2.29. The van der Waals surface area contributed by atoms with Crippen LogP contribution in [0.1, 0.15) is 72.6 Å². The third-order valence-corrected chi connectivity index (χ3v) is 4.53. The van der Waals surface area contributed by atoms with E-state index in [1.165, 1.54) is 44.9 Å². The summed E-state index contributed by atoms with van der Waals surface area (Å²) in [6.45, 7) is 9.34. The van der Waals surface area contributed by atoms with Crippen LogP contribution in [0.3, 0.4) is 0 Å². The highest BCUT2D eigenvalue weighted by atomic mass is 15.0. The van der Waals surface area contributed by atoms with Crippen molar-refractivity contribution in [3.8, 4) is 0 Å². The molecule has 1 heteroatoms. The molecule has 1 aliphatic carbocycles. The predicted molar refractivity (Wildman–Crippen MR) is 68.2 cm³/mol. The normalized spacial score (nSPS) is 28.0. The summed E-state index contributed by atoms with van der Waals surface area (Å²) in [7, 11) is 0. The van der Waals surface area contributed by atoms with E-state index in [-0.39, 0.29) is 0 Å². The Labute approximate surface area is 96.0 Å². The molecule has 1 fully saturated rings. The monoisotopic (exact) mass is 211 g/mol. The molecule has 0 bridgehead atoms. The average molecular weight is 211 g/mol. The summed E-state index contributed by atoms with van der Waals surface area (Å²) in [5.74, 6) is 0.927. The highest BCUT2D eigenvalue weighted by Crippen LogP contribution is 2.29. The zero-order valence-electron chi connectivity index (χ0n) is 11.1. The Kier molecular flexibility index (Phi) is 5.11. The second-order valence-corrected chi connectivity index (χ2v) is 5.47. The first kappa shape index (κ1) is 13.0. The Morgan fingerprint density at radius 2 is 1.67 bits per heavy atom. The molecule has 1 rings (SSSR count). The quantitative estimate of drug-likeness (QED) is 0.721. The van der Waals surface area contributed by atoms with Gasteiger partial charge >= 0.3 is 0 Å². The highest BCUT2D eigenvalue weighted by molar-refractivity contribution is 4.89. The van der Waals surface area contributed by atoms with Crippen LogP contribution in [0.2, 0.25) is 0 Å². The summed E-state index contributed by atoms with van der Waals surface area (Å²) in [6, 6.07) is 0.786. The summed E-state index contributed by atoms with van der Waals surface area (Å²) in [4.78, 5) is 0. The number of rotatable bonds is 5. The van der Waals surface area contributed by atoms with Crippen molar-refractivity contribution in [1.82, 2.24) is 5.32 Å². The van der Waals surface area contributed by atoms with Crippen LogP contribution >= 0.6 is 0 Å². The summed E-state index contributed by atoms with van der Waals surface area (Å²) in [6.07, 6.45) is 9.56. The van der Waals surface area contributed by atoms with E-state index in [2.05, 4.69) is 33.0 Å².